The van der Waals surface area contributed by atoms with Crippen molar-refractivity contribution in [3.8, 4) is 22.8 Å². The number of rotatable bonds is 10. The van der Waals surface area contributed by atoms with Crippen molar-refractivity contribution in [1.82, 2.24) is 35.0 Å². The number of benzene rings is 3. The van der Waals surface area contributed by atoms with E-state index in [0.717, 1.165) is 46.4 Å². The molecule has 14 heteroatoms. The highest BCUT2D eigenvalue weighted by molar-refractivity contribution is 5.99. The Morgan fingerprint density at radius 3 is 2.45 bits per heavy atom. The smallest absolute Gasteiger partial charge is 0.407 e. The zero-order valence-electron chi connectivity index (χ0n) is 31.7. The average Bonchev–Trinajstić information content (AvgIpc) is 4.01. The summed E-state index contributed by atoms with van der Waals surface area (Å²) in [6.07, 6.45) is 3.85. The van der Waals surface area contributed by atoms with Crippen LogP contribution in [-0.2, 0) is 19.1 Å². The zero-order valence-corrected chi connectivity index (χ0v) is 31.7. The summed E-state index contributed by atoms with van der Waals surface area (Å²) >= 11 is 0. The number of carbonyl (C=O) groups excluding carboxylic acids is 4. The summed E-state index contributed by atoms with van der Waals surface area (Å²) < 4.78 is 10.9. The van der Waals surface area contributed by atoms with E-state index < -0.39 is 18.2 Å². The molecule has 0 aliphatic carbocycles. The quantitative estimate of drug-likeness (QED) is 0.159. The Morgan fingerprint density at radius 1 is 0.945 bits per heavy atom. The molecule has 4 atom stereocenters. The predicted octanol–water partition coefficient (Wildman–Crippen LogP) is 5.83. The van der Waals surface area contributed by atoms with Crippen molar-refractivity contribution in [2.75, 3.05) is 39.6 Å². The molecule has 2 aliphatic heterocycles. The van der Waals surface area contributed by atoms with Crippen LogP contribution >= 0.6 is 0 Å². The number of amides is 4. The van der Waals surface area contributed by atoms with Crippen LogP contribution in [0.5, 0.6) is 0 Å². The normalized spacial score (nSPS) is 18.1. The molecule has 7 rings (SSSR count). The molecule has 4 amide bonds. The molecule has 0 spiro atoms. The summed E-state index contributed by atoms with van der Waals surface area (Å²) in [7, 11) is 5.09. The van der Waals surface area contributed by atoms with Crippen LogP contribution in [0.25, 0.3) is 33.8 Å². The maximum absolute atomic E-state index is 14.0. The maximum Gasteiger partial charge on any atom is 0.407 e. The number of aryl methyl sites for hydroxylation is 1. The number of hydrogen-bond donors (Lipinski definition) is 3. The number of nitrogens with one attached hydrogen (secondary N) is 3. The van der Waals surface area contributed by atoms with Gasteiger partial charge in [-0.1, -0.05) is 36.4 Å². The van der Waals surface area contributed by atoms with Gasteiger partial charge in [0.25, 0.3) is 0 Å². The standard InChI is InChI=1S/C41H46N8O6/c1-24-15-16-28(22-30(24)46-37(50)33-14-10-20-49(33)39(51)25(2)43-41(53)54-5)38-42-23-34(55-38)27-17-18-29-31(21-27)45-36(44-29)32-13-9-19-48(32)40(52)35(47(3)4)26-11-7-6-8-12-26/h6-8,11-12,15-18,21-23,25,32-33,35H,9-10,13-14,19-20H2,1-5H3,(H,43,53)(H,44,45)(H,46,50)/t25-,32-,33-,35+/m0/s1. The average molecular weight is 747 g/mol. The molecule has 0 bridgehead atoms. The molecule has 2 aliphatic rings. The fourth-order valence-electron chi connectivity index (χ4n) is 7.61. The summed E-state index contributed by atoms with van der Waals surface area (Å²) in [5.74, 6) is 1.10. The van der Waals surface area contributed by atoms with Crippen molar-refractivity contribution < 1.29 is 28.3 Å². The molecule has 286 valence electrons. The van der Waals surface area contributed by atoms with Gasteiger partial charge in [0.05, 0.1) is 30.4 Å². The molecular weight excluding hydrogens is 701 g/mol. The topological polar surface area (TPSA) is 166 Å². The van der Waals surface area contributed by atoms with Crippen LogP contribution < -0.4 is 10.6 Å². The SMILES string of the molecule is COC(=O)N[C@@H](C)C(=O)N1CCC[C@H]1C(=O)Nc1cc(-c2ncc(-c3ccc4nc([C@@H]5CCCN5C(=O)[C@@H](c5ccccc5)N(C)C)[nH]c4c3)o2)ccc1C. The van der Waals surface area contributed by atoms with Crippen LogP contribution in [-0.4, -0.2) is 99.8 Å². The highest BCUT2D eigenvalue weighted by Crippen LogP contribution is 2.36. The number of aromatic nitrogens is 3. The van der Waals surface area contributed by atoms with Crippen LogP contribution in [0.15, 0.2) is 77.3 Å². The Bertz CT molecular complexity index is 2210. The molecular formula is C41H46N8O6. The van der Waals surface area contributed by atoms with Gasteiger partial charge >= 0.3 is 6.09 Å². The van der Waals surface area contributed by atoms with E-state index in [9.17, 15) is 19.2 Å². The number of ether oxygens (including phenoxy) is 1. The number of imidazole rings is 1. The lowest BCUT2D eigenvalue weighted by molar-refractivity contribution is -0.138. The molecule has 4 heterocycles. The Hall–Kier alpha value is -6.02. The van der Waals surface area contributed by atoms with E-state index in [1.165, 1.54) is 12.0 Å². The van der Waals surface area contributed by atoms with E-state index in [4.69, 9.17) is 9.40 Å². The molecule has 3 N–H and O–H groups in total. The van der Waals surface area contributed by atoms with Gasteiger partial charge in [0, 0.05) is 29.9 Å². The van der Waals surface area contributed by atoms with Crippen molar-refractivity contribution >= 4 is 40.5 Å². The van der Waals surface area contributed by atoms with Crippen LogP contribution in [0, 0.1) is 6.92 Å². The number of oxazole rings is 1. The number of aromatic amines is 1. The minimum absolute atomic E-state index is 0.0584. The molecule has 0 unspecified atom stereocenters. The number of hydrogen-bond acceptors (Lipinski definition) is 9. The Balaban J connectivity index is 1.06. The van der Waals surface area contributed by atoms with Gasteiger partial charge in [-0.3, -0.25) is 19.3 Å². The van der Waals surface area contributed by atoms with Gasteiger partial charge in [-0.2, -0.15) is 0 Å². The molecule has 5 aromatic rings. The van der Waals surface area contributed by atoms with Gasteiger partial charge in [0.1, 0.15) is 23.9 Å². The Kier molecular flexibility index (Phi) is 10.7. The number of carbonyl (C=O) groups is 4. The summed E-state index contributed by atoms with van der Waals surface area (Å²) in [6.45, 7) is 4.54. The number of fused-ring (bicyclic) bond motifs is 1. The maximum atomic E-state index is 14.0. The number of methoxy groups -OCH3 is 1. The zero-order chi connectivity index (χ0) is 38.8. The van der Waals surface area contributed by atoms with Crippen molar-refractivity contribution in [3.63, 3.8) is 0 Å². The van der Waals surface area contributed by atoms with Gasteiger partial charge in [-0.05, 0) is 95.1 Å². The highest BCUT2D eigenvalue weighted by atomic mass is 16.5. The first-order valence-corrected chi connectivity index (χ1v) is 18.6. The lowest BCUT2D eigenvalue weighted by Gasteiger charge is -2.31. The second-order valence-electron chi connectivity index (χ2n) is 14.4. The lowest BCUT2D eigenvalue weighted by Crippen LogP contribution is -2.51. The van der Waals surface area contributed by atoms with Gasteiger partial charge in [-0.15, -0.1) is 0 Å². The van der Waals surface area contributed by atoms with Crippen LogP contribution in [0.2, 0.25) is 0 Å². The summed E-state index contributed by atoms with van der Waals surface area (Å²) in [6, 6.07) is 19.2. The third kappa shape index (κ3) is 7.67. The summed E-state index contributed by atoms with van der Waals surface area (Å²) in [5.41, 5.74) is 5.47. The number of likely N-dealkylation sites (N-methyl/N-ethyl adjacent to an activating group) is 1. The fraction of sp³-hybridized carbons (Fsp3) is 0.366. The number of likely N-dealkylation sites (tertiary alicyclic amines) is 2. The molecule has 2 aromatic heterocycles. The largest absolute Gasteiger partial charge is 0.453 e. The van der Waals surface area contributed by atoms with E-state index in [2.05, 4.69) is 25.3 Å². The van der Waals surface area contributed by atoms with Gasteiger partial charge < -0.3 is 34.6 Å². The van der Waals surface area contributed by atoms with Crippen LogP contribution in [0.3, 0.4) is 0 Å². The Labute approximate surface area is 319 Å². The third-order valence-electron chi connectivity index (χ3n) is 10.5. The lowest BCUT2D eigenvalue weighted by atomic mass is 10.0. The van der Waals surface area contributed by atoms with Gasteiger partial charge in [-0.25, -0.2) is 14.8 Å². The first-order chi connectivity index (χ1) is 26.5. The van der Waals surface area contributed by atoms with E-state index >= 15 is 0 Å². The first kappa shape index (κ1) is 37.3. The molecule has 0 saturated carbocycles. The predicted molar refractivity (Wildman–Crippen MR) is 207 cm³/mol. The van der Waals surface area contributed by atoms with E-state index in [0.29, 0.717) is 48.8 Å². The van der Waals surface area contributed by atoms with Gasteiger partial charge in [0.15, 0.2) is 5.76 Å². The van der Waals surface area contributed by atoms with E-state index in [1.807, 2.05) is 97.5 Å². The van der Waals surface area contributed by atoms with Crippen LogP contribution in [0.4, 0.5) is 10.5 Å². The minimum atomic E-state index is -0.837. The molecule has 3 aromatic carbocycles. The molecule has 14 nitrogen and oxygen atoms in total. The Morgan fingerprint density at radius 2 is 1.69 bits per heavy atom. The van der Waals surface area contributed by atoms with Crippen molar-refractivity contribution in [3.05, 3.63) is 89.9 Å². The number of alkyl carbamates (subject to hydrolysis) is 1. The summed E-state index contributed by atoms with van der Waals surface area (Å²) in [5, 5.41) is 5.48. The second kappa shape index (κ2) is 15.8. The third-order valence-corrected chi connectivity index (χ3v) is 10.5. The van der Waals surface area contributed by atoms with Crippen molar-refractivity contribution in [2.24, 2.45) is 0 Å². The molecule has 2 fully saturated rings. The van der Waals surface area contributed by atoms with Crippen LogP contribution in [0.1, 0.15) is 61.6 Å². The number of nitrogens with zero attached hydrogens (tertiary/aromatic N) is 5. The monoisotopic (exact) mass is 746 g/mol. The second-order valence-corrected chi connectivity index (χ2v) is 14.4. The van der Waals surface area contributed by atoms with E-state index in [-0.39, 0.29) is 29.8 Å². The molecule has 55 heavy (non-hydrogen) atoms. The first-order valence-electron chi connectivity index (χ1n) is 18.6. The number of H-pyrrole nitrogens is 1. The van der Waals surface area contributed by atoms with Crippen molar-refractivity contribution in [1.29, 1.82) is 0 Å². The van der Waals surface area contributed by atoms with E-state index in [1.54, 1.807) is 13.1 Å². The summed E-state index contributed by atoms with van der Waals surface area (Å²) in [4.78, 5) is 70.6. The molecule has 0 radical (unpaired) electrons. The fourth-order valence-corrected chi connectivity index (χ4v) is 7.61. The van der Waals surface area contributed by atoms with Gasteiger partial charge in [0.2, 0.25) is 23.6 Å². The minimum Gasteiger partial charge on any atom is -0.453 e. The number of anilines is 1. The van der Waals surface area contributed by atoms with Crippen molar-refractivity contribution in [2.45, 2.75) is 63.7 Å². The molecule has 2 saturated heterocycles. The highest BCUT2D eigenvalue weighted by Gasteiger charge is 2.38.